The Hall–Kier alpha value is -2.74. The van der Waals surface area contributed by atoms with E-state index in [0.717, 1.165) is 29.1 Å². The minimum Gasteiger partial charge on any atom is -0.465 e. The molecule has 1 aromatic carbocycles. The monoisotopic (exact) mass is 314 g/mol. The number of ether oxygens (including phenoxy) is 1. The molecule has 0 amide bonds. The Labute approximate surface area is 133 Å². The number of methoxy groups -OCH3 is 1. The highest BCUT2D eigenvalue weighted by Gasteiger charge is 2.10. The number of aromatic amines is 1. The molecular formula is C15H18N6O2. The summed E-state index contributed by atoms with van der Waals surface area (Å²) in [5.74, 6) is 0.385. The molecule has 0 saturated carbocycles. The van der Waals surface area contributed by atoms with Gasteiger partial charge in [0.1, 0.15) is 12.4 Å². The van der Waals surface area contributed by atoms with Gasteiger partial charge in [-0.25, -0.2) is 14.5 Å². The highest BCUT2D eigenvalue weighted by molar-refractivity contribution is 5.93. The van der Waals surface area contributed by atoms with Gasteiger partial charge >= 0.3 is 5.97 Å². The SMILES string of the molecule is COC(=O)c1ccc2nc(Cn3cc(CN(C)C)nn3)[nH]c2c1. The summed E-state index contributed by atoms with van der Waals surface area (Å²) in [6, 6.07) is 5.22. The van der Waals surface area contributed by atoms with E-state index in [-0.39, 0.29) is 5.97 Å². The maximum atomic E-state index is 11.6. The van der Waals surface area contributed by atoms with Gasteiger partial charge in [-0.05, 0) is 32.3 Å². The number of fused-ring (bicyclic) bond motifs is 1. The van der Waals surface area contributed by atoms with Gasteiger partial charge in [0.05, 0.1) is 35.6 Å². The van der Waals surface area contributed by atoms with E-state index in [1.54, 1.807) is 22.9 Å². The third-order valence-electron chi connectivity index (χ3n) is 3.33. The number of nitrogens with one attached hydrogen (secondary N) is 1. The van der Waals surface area contributed by atoms with E-state index in [4.69, 9.17) is 4.74 Å². The van der Waals surface area contributed by atoms with Gasteiger partial charge in [0.2, 0.25) is 0 Å². The van der Waals surface area contributed by atoms with E-state index >= 15 is 0 Å². The Morgan fingerprint density at radius 1 is 1.39 bits per heavy atom. The van der Waals surface area contributed by atoms with Crippen molar-refractivity contribution in [3.63, 3.8) is 0 Å². The molecule has 0 unspecified atom stereocenters. The number of imidazole rings is 1. The molecule has 0 saturated heterocycles. The molecule has 0 radical (unpaired) electrons. The number of carbonyl (C=O) groups is 1. The Bertz CT molecular complexity index is 835. The van der Waals surface area contributed by atoms with E-state index in [1.807, 2.05) is 25.2 Å². The zero-order chi connectivity index (χ0) is 16.4. The van der Waals surface area contributed by atoms with Crippen molar-refractivity contribution in [2.45, 2.75) is 13.1 Å². The van der Waals surface area contributed by atoms with Gasteiger partial charge in [-0.1, -0.05) is 5.21 Å². The maximum absolute atomic E-state index is 11.6. The molecular weight excluding hydrogens is 296 g/mol. The zero-order valence-electron chi connectivity index (χ0n) is 13.3. The van der Waals surface area contributed by atoms with Crippen molar-refractivity contribution in [1.29, 1.82) is 0 Å². The lowest BCUT2D eigenvalue weighted by molar-refractivity contribution is 0.0601. The number of rotatable bonds is 5. The maximum Gasteiger partial charge on any atom is 0.337 e. The first-order valence-electron chi connectivity index (χ1n) is 7.16. The normalized spacial score (nSPS) is 11.3. The number of carbonyl (C=O) groups excluding carboxylic acids is 1. The fourth-order valence-corrected chi connectivity index (χ4v) is 2.35. The van der Waals surface area contributed by atoms with Crippen LogP contribution in [-0.4, -0.2) is 57.0 Å². The molecule has 3 aromatic rings. The average molecular weight is 314 g/mol. The van der Waals surface area contributed by atoms with Crippen LogP contribution in [-0.2, 0) is 17.8 Å². The molecule has 0 aliphatic rings. The van der Waals surface area contributed by atoms with Crippen molar-refractivity contribution >= 4 is 17.0 Å². The molecule has 0 aliphatic heterocycles. The quantitative estimate of drug-likeness (QED) is 0.708. The van der Waals surface area contributed by atoms with Gasteiger partial charge in [-0.2, -0.15) is 0 Å². The standard InChI is InChI=1S/C15H18N6O2/c1-20(2)7-11-8-21(19-18-11)9-14-16-12-5-4-10(15(22)23-3)6-13(12)17-14/h4-6,8H,7,9H2,1-3H3,(H,16,17). The van der Waals surface area contributed by atoms with Crippen molar-refractivity contribution in [3.8, 4) is 0 Å². The Morgan fingerprint density at radius 2 is 2.22 bits per heavy atom. The van der Waals surface area contributed by atoms with Gasteiger partial charge in [0.15, 0.2) is 0 Å². The van der Waals surface area contributed by atoms with E-state index in [2.05, 4.69) is 20.3 Å². The summed E-state index contributed by atoms with van der Waals surface area (Å²) in [6.07, 6.45) is 1.90. The van der Waals surface area contributed by atoms with Crippen LogP contribution in [0.5, 0.6) is 0 Å². The van der Waals surface area contributed by atoms with Gasteiger partial charge < -0.3 is 14.6 Å². The van der Waals surface area contributed by atoms with Crippen LogP contribution < -0.4 is 0 Å². The number of benzene rings is 1. The van der Waals surface area contributed by atoms with E-state index in [9.17, 15) is 4.79 Å². The summed E-state index contributed by atoms with van der Waals surface area (Å²) >= 11 is 0. The van der Waals surface area contributed by atoms with Crippen LogP contribution in [0.15, 0.2) is 24.4 Å². The molecule has 0 atom stereocenters. The van der Waals surface area contributed by atoms with Crippen molar-refractivity contribution in [2.24, 2.45) is 0 Å². The molecule has 8 nitrogen and oxygen atoms in total. The van der Waals surface area contributed by atoms with Gasteiger partial charge in [-0.15, -0.1) is 5.10 Å². The first kappa shape index (κ1) is 15.2. The summed E-state index contributed by atoms with van der Waals surface area (Å²) in [7, 11) is 5.33. The number of nitrogens with zero attached hydrogens (tertiary/aromatic N) is 5. The molecule has 0 aliphatic carbocycles. The van der Waals surface area contributed by atoms with Crippen molar-refractivity contribution in [2.75, 3.05) is 21.2 Å². The molecule has 2 heterocycles. The minimum atomic E-state index is -0.368. The fraction of sp³-hybridized carbons (Fsp3) is 0.333. The number of H-pyrrole nitrogens is 1. The summed E-state index contributed by atoms with van der Waals surface area (Å²) in [4.78, 5) is 21.3. The van der Waals surface area contributed by atoms with Crippen molar-refractivity contribution in [3.05, 3.63) is 41.5 Å². The molecule has 0 bridgehead atoms. The molecule has 1 N–H and O–H groups in total. The second-order valence-corrected chi connectivity index (χ2v) is 5.55. The van der Waals surface area contributed by atoms with Crippen LogP contribution in [0.2, 0.25) is 0 Å². The number of esters is 1. The highest BCUT2D eigenvalue weighted by Crippen LogP contribution is 2.15. The van der Waals surface area contributed by atoms with Crippen LogP contribution in [0.4, 0.5) is 0 Å². The van der Waals surface area contributed by atoms with Crippen LogP contribution in [0.1, 0.15) is 21.9 Å². The molecule has 2 aromatic heterocycles. The molecule has 0 fully saturated rings. The highest BCUT2D eigenvalue weighted by atomic mass is 16.5. The number of aromatic nitrogens is 5. The Morgan fingerprint density at radius 3 is 2.96 bits per heavy atom. The lowest BCUT2D eigenvalue weighted by Crippen LogP contribution is -2.10. The molecule has 120 valence electrons. The Kier molecular flexibility index (Phi) is 4.07. The smallest absolute Gasteiger partial charge is 0.337 e. The van der Waals surface area contributed by atoms with Gasteiger partial charge in [-0.3, -0.25) is 0 Å². The van der Waals surface area contributed by atoms with E-state index < -0.39 is 0 Å². The molecule has 3 rings (SSSR count). The number of hydrogen-bond donors (Lipinski definition) is 1. The topological polar surface area (TPSA) is 88.9 Å². The second kappa shape index (κ2) is 6.17. The van der Waals surface area contributed by atoms with Crippen LogP contribution in [0, 0.1) is 0 Å². The van der Waals surface area contributed by atoms with Crippen molar-refractivity contribution in [1.82, 2.24) is 29.9 Å². The zero-order valence-corrected chi connectivity index (χ0v) is 13.3. The van der Waals surface area contributed by atoms with Crippen molar-refractivity contribution < 1.29 is 9.53 Å². The van der Waals surface area contributed by atoms with E-state index in [0.29, 0.717) is 12.1 Å². The van der Waals surface area contributed by atoms with Crippen LogP contribution in [0.3, 0.4) is 0 Å². The Balaban J connectivity index is 1.80. The number of hydrogen-bond acceptors (Lipinski definition) is 6. The third-order valence-corrected chi connectivity index (χ3v) is 3.33. The predicted octanol–water partition coefficient (Wildman–Crippen LogP) is 1.05. The summed E-state index contributed by atoms with van der Waals surface area (Å²) in [5, 5.41) is 8.22. The summed E-state index contributed by atoms with van der Waals surface area (Å²) in [5.41, 5.74) is 2.97. The molecule has 23 heavy (non-hydrogen) atoms. The summed E-state index contributed by atoms with van der Waals surface area (Å²) < 4.78 is 6.46. The third kappa shape index (κ3) is 3.37. The minimum absolute atomic E-state index is 0.368. The lowest BCUT2D eigenvalue weighted by atomic mass is 10.2. The lowest BCUT2D eigenvalue weighted by Gasteiger charge is -2.04. The first-order valence-corrected chi connectivity index (χ1v) is 7.16. The molecule has 0 spiro atoms. The largest absolute Gasteiger partial charge is 0.465 e. The molecule has 8 heteroatoms. The van der Waals surface area contributed by atoms with Gasteiger partial charge in [0.25, 0.3) is 0 Å². The predicted molar refractivity (Wildman–Crippen MR) is 83.9 cm³/mol. The first-order chi connectivity index (χ1) is 11.0. The van der Waals surface area contributed by atoms with E-state index in [1.165, 1.54) is 7.11 Å². The summed E-state index contributed by atoms with van der Waals surface area (Å²) in [6.45, 7) is 1.23. The fourth-order valence-electron chi connectivity index (χ4n) is 2.35. The second-order valence-electron chi connectivity index (χ2n) is 5.55. The average Bonchev–Trinajstić information content (AvgIpc) is 3.11. The van der Waals surface area contributed by atoms with Crippen LogP contribution >= 0.6 is 0 Å². The van der Waals surface area contributed by atoms with Crippen LogP contribution in [0.25, 0.3) is 11.0 Å². The van der Waals surface area contributed by atoms with Gasteiger partial charge in [0, 0.05) is 6.54 Å².